The summed E-state index contributed by atoms with van der Waals surface area (Å²) in [7, 11) is -1.53. The van der Waals surface area contributed by atoms with Gasteiger partial charge in [0.15, 0.2) is 4.90 Å². The summed E-state index contributed by atoms with van der Waals surface area (Å²) in [6.07, 6.45) is 3.27. The van der Waals surface area contributed by atoms with Gasteiger partial charge in [-0.05, 0) is 12.0 Å². The highest BCUT2D eigenvalue weighted by atomic mass is 32.2. The first-order valence-corrected chi connectivity index (χ1v) is 9.95. The van der Waals surface area contributed by atoms with Crippen molar-refractivity contribution in [1.82, 2.24) is 28.6 Å². The lowest BCUT2D eigenvalue weighted by molar-refractivity contribution is 0.563. The lowest BCUT2D eigenvalue weighted by Gasteiger charge is -2.10. The number of aryl methyl sites for hydroxylation is 3. The Labute approximate surface area is 161 Å². The highest BCUT2D eigenvalue weighted by Gasteiger charge is 2.22. The third-order valence-electron chi connectivity index (χ3n) is 4.30. The minimum absolute atomic E-state index is 0.136. The van der Waals surface area contributed by atoms with Gasteiger partial charge in [-0.15, -0.1) is 10.2 Å². The first-order valence-electron chi connectivity index (χ1n) is 8.46. The Kier molecular flexibility index (Phi) is 5.56. The third kappa shape index (κ3) is 4.10. The van der Waals surface area contributed by atoms with Gasteiger partial charge in [-0.2, -0.15) is 0 Å². The molecule has 3 rings (SSSR count). The van der Waals surface area contributed by atoms with E-state index in [2.05, 4.69) is 14.9 Å². The predicted molar refractivity (Wildman–Crippen MR) is 101 cm³/mol. The summed E-state index contributed by atoms with van der Waals surface area (Å²) in [5, 5.41) is 7.78. The highest BCUT2D eigenvalue weighted by molar-refractivity contribution is 7.89. The van der Waals surface area contributed by atoms with E-state index in [9.17, 15) is 18.0 Å². The van der Waals surface area contributed by atoms with E-state index in [0.717, 1.165) is 27.3 Å². The van der Waals surface area contributed by atoms with E-state index in [1.54, 1.807) is 4.57 Å². The Balaban J connectivity index is 1.75. The van der Waals surface area contributed by atoms with Gasteiger partial charge >= 0.3 is 5.69 Å². The first-order chi connectivity index (χ1) is 13.3. The molecule has 28 heavy (non-hydrogen) atoms. The molecule has 0 bridgehead atoms. The zero-order valence-corrected chi connectivity index (χ0v) is 16.3. The Bertz CT molecular complexity index is 1190. The Hall–Kier alpha value is -3.05. The van der Waals surface area contributed by atoms with Gasteiger partial charge in [0.1, 0.15) is 12.2 Å². The molecule has 0 unspecified atom stereocenters. The maximum atomic E-state index is 12.6. The molecule has 0 atom stereocenters. The SMILES string of the molecule is Cn1cc(S(=O)(=O)NCc2nncn2CCc2ccccc2)c(=O)n(C)c1=O. The molecule has 3 aromatic rings. The van der Waals surface area contributed by atoms with Crippen LogP contribution in [0.2, 0.25) is 0 Å². The molecular formula is C17H20N6O4S. The fourth-order valence-electron chi connectivity index (χ4n) is 2.69. The van der Waals surface area contributed by atoms with Gasteiger partial charge in [0.2, 0.25) is 10.0 Å². The molecule has 2 heterocycles. The molecule has 10 nitrogen and oxygen atoms in total. The van der Waals surface area contributed by atoms with Crippen LogP contribution < -0.4 is 16.0 Å². The molecule has 148 valence electrons. The molecule has 0 aliphatic heterocycles. The molecular weight excluding hydrogens is 384 g/mol. The second-order valence-electron chi connectivity index (χ2n) is 6.25. The van der Waals surface area contributed by atoms with E-state index >= 15 is 0 Å². The van der Waals surface area contributed by atoms with Crippen molar-refractivity contribution in [2.24, 2.45) is 14.1 Å². The maximum absolute atomic E-state index is 12.6. The van der Waals surface area contributed by atoms with Crippen molar-refractivity contribution in [2.75, 3.05) is 0 Å². The Morgan fingerprint density at radius 2 is 1.82 bits per heavy atom. The van der Waals surface area contributed by atoms with Gasteiger partial charge in [-0.1, -0.05) is 30.3 Å². The van der Waals surface area contributed by atoms with Crippen LogP contribution in [0.4, 0.5) is 0 Å². The number of nitrogens with zero attached hydrogens (tertiary/aromatic N) is 5. The van der Waals surface area contributed by atoms with E-state index < -0.39 is 26.2 Å². The van der Waals surface area contributed by atoms with E-state index in [-0.39, 0.29) is 6.54 Å². The number of hydrogen-bond acceptors (Lipinski definition) is 6. The van der Waals surface area contributed by atoms with Crippen LogP contribution in [0.5, 0.6) is 0 Å². The summed E-state index contributed by atoms with van der Waals surface area (Å²) in [5.74, 6) is 0.418. The second kappa shape index (κ2) is 7.90. The topological polar surface area (TPSA) is 121 Å². The zero-order chi connectivity index (χ0) is 20.3. The van der Waals surface area contributed by atoms with Crippen molar-refractivity contribution in [3.8, 4) is 0 Å². The zero-order valence-electron chi connectivity index (χ0n) is 15.4. The fourth-order valence-corrected chi connectivity index (χ4v) is 3.83. The molecule has 0 aliphatic rings. The Morgan fingerprint density at radius 3 is 2.54 bits per heavy atom. The maximum Gasteiger partial charge on any atom is 0.330 e. The van der Waals surface area contributed by atoms with Crippen molar-refractivity contribution < 1.29 is 8.42 Å². The molecule has 0 radical (unpaired) electrons. The van der Waals surface area contributed by atoms with Crippen LogP contribution in [0.3, 0.4) is 0 Å². The van der Waals surface area contributed by atoms with Crippen molar-refractivity contribution >= 4 is 10.0 Å². The molecule has 2 aromatic heterocycles. The quantitative estimate of drug-likeness (QED) is 0.561. The van der Waals surface area contributed by atoms with Crippen molar-refractivity contribution in [1.29, 1.82) is 0 Å². The number of hydrogen-bond donors (Lipinski definition) is 1. The van der Waals surface area contributed by atoms with Gasteiger partial charge < -0.3 is 9.13 Å². The van der Waals surface area contributed by atoms with Crippen LogP contribution in [0, 0.1) is 0 Å². The van der Waals surface area contributed by atoms with Crippen molar-refractivity contribution in [2.45, 2.75) is 24.4 Å². The molecule has 1 N–H and O–H groups in total. The molecule has 0 fully saturated rings. The molecule has 0 aliphatic carbocycles. The second-order valence-corrected chi connectivity index (χ2v) is 7.99. The number of sulfonamides is 1. The summed E-state index contributed by atoms with van der Waals surface area (Å²) in [6, 6.07) is 9.84. The summed E-state index contributed by atoms with van der Waals surface area (Å²) in [4.78, 5) is 23.4. The van der Waals surface area contributed by atoms with E-state index in [1.165, 1.54) is 20.4 Å². The average molecular weight is 404 g/mol. The minimum Gasteiger partial charge on any atom is -0.316 e. The molecule has 11 heteroatoms. The van der Waals surface area contributed by atoms with Gasteiger partial charge in [-0.25, -0.2) is 17.9 Å². The summed E-state index contributed by atoms with van der Waals surface area (Å²) >= 11 is 0. The van der Waals surface area contributed by atoms with Gasteiger partial charge in [0.25, 0.3) is 5.56 Å². The number of nitrogens with one attached hydrogen (secondary N) is 1. The number of benzene rings is 1. The largest absolute Gasteiger partial charge is 0.330 e. The predicted octanol–water partition coefficient (Wildman–Crippen LogP) is -0.603. The smallest absolute Gasteiger partial charge is 0.316 e. The lowest BCUT2D eigenvalue weighted by Crippen LogP contribution is -2.41. The summed E-state index contributed by atoms with van der Waals surface area (Å²) in [5.41, 5.74) is -0.359. The molecule has 0 amide bonds. The van der Waals surface area contributed by atoms with Gasteiger partial charge in [0.05, 0.1) is 6.54 Å². The molecule has 0 saturated carbocycles. The van der Waals surface area contributed by atoms with E-state index in [0.29, 0.717) is 12.4 Å². The van der Waals surface area contributed by atoms with Crippen molar-refractivity contribution in [3.63, 3.8) is 0 Å². The molecule has 0 spiro atoms. The highest BCUT2D eigenvalue weighted by Crippen LogP contribution is 2.05. The number of aromatic nitrogens is 5. The third-order valence-corrected chi connectivity index (χ3v) is 5.69. The number of rotatable bonds is 7. The lowest BCUT2D eigenvalue weighted by atomic mass is 10.1. The van der Waals surface area contributed by atoms with Crippen LogP contribution in [0.1, 0.15) is 11.4 Å². The van der Waals surface area contributed by atoms with Crippen molar-refractivity contribution in [3.05, 3.63) is 75.1 Å². The summed E-state index contributed by atoms with van der Waals surface area (Å²) < 4.78 is 31.0. The standard InChI is InChI=1S/C17H20N6O4S/c1-21-11-14(16(24)22(2)17(21)25)28(26,27)19-10-15-20-18-12-23(15)9-8-13-6-4-3-5-7-13/h3-7,11-12,19H,8-10H2,1-2H3. The summed E-state index contributed by atoms with van der Waals surface area (Å²) in [6.45, 7) is 0.443. The van der Waals surface area contributed by atoms with Crippen LogP contribution in [-0.2, 0) is 43.6 Å². The normalized spacial score (nSPS) is 11.6. The van der Waals surface area contributed by atoms with E-state index in [4.69, 9.17) is 0 Å². The fraction of sp³-hybridized carbons (Fsp3) is 0.294. The van der Waals surface area contributed by atoms with Gasteiger partial charge in [-0.3, -0.25) is 9.36 Å². The monoisotopic (exact) mass is 404 g/mol. The molecule has 0 saturated heterocycles. The van der Waals surface area contributed by atoms with E-state index in [1.807, 2.05) is 30.3 Å². The van der Waals surface area contributed by atoms with Crippen LogP contribution in [0.15, 0.2) is 57.3 Å². The average Bonchev–Trinajstić information content (AvgIpc) is 3.14. The van der Waals surface area contributed by atoms with Crippen LogP contribution in [0.25, 0.3) is 0 Å². The van der Waals surface area contributed by atoms with Gasteiger partial charge in [0, 0.05) is 26.8 Å². The minimum atomic E-state index is -4.14. The molecule has 1 aromatic carbocycles. The van der Waals surface area contributed by atoms with Crippen LogP contribution in [-0.4, -0.2) is 32.3 Å². The van der Waals surface area contributed by atoms with Crippen LogP contribution >= 0.6 is 0 Å². The Morgan fingerprint density at radius 1 is 1.11 bits per heavy atom. The first kappa shape index (κ1) is 19.7.